The van der Waals surface area contributed by atoms with Crippen molar-refractivity contribution in [2.75, 3.05) is 18.4 Å². The first kappa shape index (κ1) is 11.9. The summed E-state index contributed by atoms with van der Waals surface area (Å²) in [5.74, 6) is 0. The van der Waals surface area contributed by atoms with Gasteiger partial charge in [-0.1, -0.05) is 0 Å². The number of fused-ring (bicyclic) bond motifs is 1. The van der Waals surface area contributed by atoms with Crippen molar-refractivity contribution < 1.29 is 9.34 Å². The van der Waals surface area contributed by atoms with Crippen LogP contribution >= 0.6 is 0 Å². The highest BCUT2D eigenvalue weighted by Crippen LogP contribution is 2.24. The lowest BCUT2D eigenvalue weighted by Crippen LogP contribution is -2.38. The molecular weight excluding hydrogens is 248 g/mol. The third-order valence-corrected chi connectivity index (χ3v) is 3.21. The molecule has 2 aromatic rings. The van der Waals surface area contributed by atoms with Gasteiger partial charge in [0.05, 0.1) is 4.92 Å². The molecule has 1 aromatic heterocycles. The van der Waals surface area contributed by atoms with E-state index in [1.54, 1.807) is 6.07 Å². The number of piperidine rings is 1. The molecule has 2 heterocycles. The van der Waals surface area contributed by atoms with Gasteiger partial charge in [-0.25, -0.2) is 0 Å². The summed E-state index contributed by atoms with van der Waals surface area (Å²) in [6.45, 7) is 1.91. The van der Waals surface area contributed by atoms with Crippen LogP contribution in [0.15, 0.2) is 22.6 Å². The van der Waals surface area contributed by atoms with E-state index < -0.39 is 4.92 Å². The molecule has 1 fully saturated rings. The lowest BCUT2D eigenvalue weighted by molar-refractivity contribution is -0.384. The maximum atomic E-state index is 10.7. The number of rotatable bonds is 3. The van der Waals surface area contributed by atoms with Crippen LogP contribution in [0.1, 0.15) is 12.8 Å². The minimum absolute atomic E-state index is 0.0201. The topological polar surface area (TPSA) is 93.2 Å². The minimum atomic E-state index is -0.438. The van der Waals surface area contributed by atoms with Crippen LogP contribution in [-0.4, -0.2) is 29.0 Å². The van der Waals surface area contributed by atoms with Gasteiger partial charge in [0.2, 0.25) is 0 Å². The van der Waals surface area contributed by atoms with E-state index in [1.807, 2.05) is 0 Å². The lowest BCUT2D eigenvalue weighted by atomic mass is 10.1. The summed E-state index contributed by atoms with van der Waals surface area (Å²) in [7, 11) is 0. The quantitative estimate of drug-likeness (QED) is 0.648. The van der Waals surface area contributed by atoms with Crippen molar-refractivity contribution in [3.63, 3.8) is 0 Å². The van der Waals surface area contributed by atoms with Gasteiger partial charge >= 0.3 is 0 Å². The Morgan fingerprint density at radius 3 is 3.16 bits per heavy atom. The summed E-state index contributed by atoms with van der Waals surface area (Å²) < 4.78 is 5.53. The maximum Gasteiger partial charge on any atom is 0.295 e. The number of nitro groups is 1. The summed E-state index contributed by atoms with van der Waals surface area (Å²) >= 11 is 0. The Morgan fingerprint density at radius 2 is 2.42 bits per heavy atom. The number of hydrogen-bond donors (Lipinski definition) is 2. The first-order valence-electron chi connectivity index (χ1n) is 6.24. The van der Waals surface area contributed by atoms with Gasteiger partial charge in [-0.15, -0.1) is 0 Å². The molecule has 0 bridgehead atoms. The van der Waals surface area contributed by atoms with Crippen molar-refractivity contribution in [1.82, 2.24) is 10.3 Å². The highest BCUT2D eigenvalue weighted by Gasteiger charge is 2.16. The van der Waals surface area contributed by atoms with E-state index in [1.165, 1.54) is 12.1 Å². The number of nitrogens with zero attached hydrogens (tertiary/aromatic N) is 2. The van der Waals surface area contributed by atoms with Crippen LogP contribution in [-0.2, 0) is 0 Å². The zero-order valence-corrected chi connectivity index (χ0v) is 10.3. The van der Waals surface area contributed by atoms with Crippen molar-refractivity contribution in [1.29, 1.82) is 0 Å². The van der Waals surface area contributed by atoms with Gasteiger partial charge < -0.3 is 15.1 Å². The average molecular weight is 262 g/mol. The Bertz CT molecular complexity index is 604. The molecule has 7 heteroatoms. The average Bonchev–Trinajstić information content (AvgIpc) is 2.80. The summed E-state index contributed by atoms with van der Waals surface area (Å²) in [4.78, 5) is 14.5. The van der Waals surface area contributed by atoms with Gasteiger partial charge in [0.15, 0.2) is 5.58 Å². The molecule has 1 aliphatic rings. The fourth-order valence-corrected chi connectivity index (χ4v) is 2.24. The molecule has 7 nitrogen and oxygen atoms in total. The first-order chi connectivity index (χ1) is 9.22. The summed E-state index contributed by atoms with van der Waals surface area (Å²) in [5.41, 5.74) is 1.07. The van der Waals surface area contributed by atoms with E-state index in [9.17, 15) is 10.1 Å². The normalized spacial score (nSPS) is 19.5. The molecule has 0 radical (unpaired) electrons. The SMILES string of the molecule is O=[N+]([O-])c1ccc2oc(NC3CCCNC3)nc2c1. The zero-order valence-electron chi connectivity index (χ0n) is 10.3. The largest absolute Gasteiger partial charge is 0.424 e. The van der Waals surface area contributed by atoms with E-state index in [0.717, 1.165) is 25.9 Å². The fraction of sp³-hybridized carbons (Fsp3) is 0.417. The summed E-state index contributed by atoms with van der Waals surface area (Å²) in [5, 5.41) is 17.2. The second kappa shape index (κ2) is 4.85. The Kier molecular flexibility index (Phi) is 3.04. The number of nitro benzene ring substituents is 1. The molecule has 3 rings (SSSR count). The first-order valence-corrected chi connectivity index (χ1v) is 6.24. The molecule has 19 heavy (non-hydrogen) atoms. The molecule has 1 unspecified atom stereocenters. The van der Waals surface area contributed by atoms with Crippen LogP contribution < -0.4 is 10.6 Å². The second-order valence-electron chi connectivity index (χ2n) is 4.62. The maximum absolute atomic E-state index is 10.7. The number of anilines is 1. The Hall–Kier alpha value is -2.15. The van der Waals surface area contributed by atoms with E-state index in [0.29, 0.717) is 17.1 Å². The fourth-order valence-electron chi connectivity index (χ4n) is 2.24. The number of oxazole rings is 1. The number of benzene rings is 1. The van der Waals surface area contributed by atoms with E-state index >= 15 is 0 Å². The van der Waals surface area contributed by atoms with Crippen molar-refractivity contribution in [3.8, 4) is 0 Å². The number of hydrogen-bond acceptors (Lipinski definition) is 6. The van der Waals surface area contributed by atoms with Gasteiger partial charge in [0.1, 0.15) is 5.52 Å². The van der Waals surface area contributed by atoms with Gasteiger partial charge in [0, 0.05) is 24.7 Å². The summed E-state index contributed by atoms with van der Waals surface area (Å²) in [6, 6.07) is 5.12. The number of nitrogens with one attached hydrogen (secondary N) is 2. The third-order valence-electron chi connectivity index (χ3n) is 3.21. The minimum Gasteiger partial charge on any atom is -0.424 e. The van der Waals surface area contributed by atoms with Crippen LogP contribution in [0.3, 0.4) is 0 Å². The molecule has 1 atom stereocenters. The van der Waals surface area contributed by atoms with Crippen molar-refractivity contribution in [2.45, 2.75) is 18.9 Å². The molecule has 100 valence electrons. The second-order valence-corrected chi connectivity index (χ2v) is 4.62. The Balaban J connectivity index is 1.82. The van der Waals surface area contributed by atoms with Gasteiger partial charge in [-0.3, -0.25) is 10.1 Å². The summed E-state index contributed by atoms with van der Waals surface area (Å²) in [6.07, 6.45) is 2.18. The molecule has 0 amide bonds. The number of non-ortho nitro benzene ring substituents is 1. The molecule has 0 spiro atoms. The van der Waals surface area contributed by atoms with Crippen molar-refractivity contribution >= 4 is 22.8 Å². The highest BCUT2D eigenvalue weighted by atomic mass is 16.6. The van der Waals surface area contributed by atoms with Crippen molar-refractivity contribution in [2.24, 2.45) is 0 Å². The van der Waals surface area contributed by atoms with Crippen LogP contribution in [0.25, 0.3) is 11.1 Å². The Labute approximate surface area is 109 Å². The number of aromatic nitrogens is 1. The predicted octanol–water partition coefficient (Wildman–Crippen LogP) is 1.90. The van der Waals surface area contributed by atoms with Crippen LogP contribution in [0.4, 0.5) is 11.7 Å². The van der Waals surface area contributed by atoms with Crippen LogP contribution in [0.2, 0.25) is 0 Å². The molecular formula is C12H14N4O3. The van der Waals surface area contributed by atoms with Crippen molar-refractivity contribution in [3.05, 3.63) is 28.3 Å². The van der Waals surface area contributed by atoms with Gasteiger partial charge in [0.25, 0.3) is 11.7 Å². The van der Waals surface area contributed by atoms with E-state index in [2.05, 4.69) is 15.6 Å². The van der Waals surface area contributed by atoms with Gasteiger partial charge in [-0.05, 0) is 25.5 Å². The van der Waals surface area contributed by atoms with E-state index in [-0.39, 0.29) is 11.7 Å². The molecule has 1 aliphatic heterocycles. The lowest BCUT2D eigenvalue weighted by Gasteiger charge is -2.22. The molecule has 1 saturated heterocycles. The molecule has 1 aromatic carbocycles. The zero-order chi connectivity index (χ0) is 13.2. The van der Waals surface area contributed by atoms with E-state index in [4.69, 9.17) is 4.42 Å². The molecule has 0 aliphatic carbocycles. The molecule has 0 saturated carbocycles. The van der Waals surface area contributed by atoms with Gasteiger partial charge in [-0.2, -0.15) is 4.98 Å². The Morgan fingerprint density at radius 1 is 1.53 bits per heavy atom. The monoisotopic (exact) mass is 262 g/mol. The third kappa shape index (κ3) is 2.50. The van der Waals surface area contributed by atoms with Crippen LogP contribution in [0.5, 0.6) is 0 Å². The predicted molar refractivity (Wildman–Crippen MR) is 70.2 cm³/mol. The molecule has 2 N–H and O–H groups in total. The smallest absolute Gasteiger partial charge is 0.295 e. The van der Waals surface area contributed by atoms with Crippen LogP contribution in [0, 0.1) is 10.1 Å². The highest BCUT2D eigenvalue weighted by molar-refractivity contribution is 5.77. The standard InChI is InChI=1S/C12H14N4O3/c17-16(18)9-3-4-11-10(6-9)15-12(19-11)14-8-2-1-5-13-7-8/h3-4,6,8,13H,1-2,5,7H2,(H,14,15).